The first kappa shape index (κ1) is 48.7. The van der Waals surface area contributed by atoms with Gasteiger partial charge in [-0.05, 0) is 86.0 Å². The van der Waals surface area contributed by atoms with Crippen LogP contribution in [0.2, 0.25) is 0 Å². The highest BCUT2D eigenvalue weighted by Gasteiger charge is 2.41. The van der Waals surface area contributed by atoms with Gasteiger partial charge in [-0.25, -0.2) is 0 Å². The van der Waals surface area contributed by atoms with Crippen molar-refractivity contribution in [2.45, 2.75) is 31.3 Å². The van der Waals surface area contributed by atoms with Crippen LogP contribution in [-0.4, -0.2) is 107 Å². The predicted octanol–water partition coefficient (Wildman–Crippen LogP) is 3.93. The molecule has 2 heterocycles. The molecule has 0 amide bonds. The number of amidine groups is 2. The van der Waals surface area contributed by atoms with Crippen molar-refractivity contribution >= 4 is 31.9 Å². The maximum atomic E-state index is 9.63. The molecule has 0 aromatic heterocycles. The fourth-order valence-corrected chi connectivity index (χ4v) is 5.99. The van der Waals surface area contributed by atoms with Crippen LogP contribution in [0.15, 0.2) is 84.9 Å². The van der Waals surface area contributed by atoms with Crippen LogP contribution < -0.4 is 39.9 Å². The van der Waals surface area contributed by atoms with Crippen LogP contribution in [0.1, 0.15) is 53.5 Å². The van der Waals surface area contributed by atoms with Crippen molar-refractivity contribution in [2.24, 2.45) is 11.5 Å². The van der Waals surface area contributed by atoms with E-state index in [1.165, 1.54) is 5.56 Å². The Labute approximate surface area is 349 Å². The molecule has 2 atom stereocenters. The van der Waals surface area contributed by atoms with Gasteiger partial charge in [0.2, 0.25) is 0 Å². The number of nitrogens with one attached hydrogen (secondary N) is 2. The Bertz CT molecular complexity index is 2110. The average molecular weight is 877 g/mol. The summed E-state index contributed by atoms with van der Waals surface area (Å²) < 4.78 is 88.0. The number of ether oxygens (including phenoxy) is 6. The van der Waals surface area contributed by atoms with E-state index in [9.17, 15) is 16.8 Å². The maximum Gasteiger partial charge on any atom is 0.267 e. The Balaban J connectivity index is 0.000000246. The van der Waals surface area contributed by atoms with Gasteiger partial charge in [0.15, 0.2) is 0 Å². The molecule has 4 aromatic rings. The highest BCUT2D eigenvalue weighted by atomic mass is 32.2. The third kappa shape index (κ3) is 16.5. The molecule has 0 bridgehead atoms. The number of methoxy groups -OCH3 is 2. The number of aliphatic hydroxyl groups is 2. The van der Waals surface area contributed by atoms with Gasteiger partial charge in [-0.3, -0.25) is 19.9 Å². The number of nitrogen functional groups attached to an aromatic ring is 2. The summed E-state index contributed by atoms with van der Waals surface area (Å²) in [5.74, 6) is 4.09. The maximum absolute atomic E-state index is 9.63. The predicted molar refractivity (Wildman–Crippen MR) is 224 cm³/mol. The smallest absolute Gasteiger partial charge is 0.267 e. The molecular weight excluding hydrogens is 825 g/mol. The molecule has 2 aliphatic rings. The van der Waals surface area contributed by atoms with Gasteiger partial charge >= 0.3 is 0 Å². The van der Waals surface area contributed by atoms with Gasteiger partial charge in [-0.2, -0.15) is 16.8 Å². The van der Waals surface area contributed by atoms with Gasteiger partial charge in [0.05, 0.1) is 64.7 Å². The molecule has 0 saturated carbocycles. The summed E-state index contributed by atoms with van der Waals surface area (Å²) in [5, 5.41) is 30.4. The van der Waals surface area contributed by atoms with Crippen molar-refractivity contribution in [1.82, 2.24) is 0 Å². The molecule has 328 valence electrons. The second kappa shape index (κ2) is 23.8. The first-order valence-corrected chi connectivity index (χ1v) is 21.6. The van der Waals surface area contributed by atoms with E-state index < -0.39 is 45.0 Å². The largest absolute Gasteiger partial charge is 0.497 e. The zero-order chi connectivity index (χ0) is 44.3. The number of fused-ring (bicyclic) bond motifs is 5. The van der Waals surface area contributed by atoms with Crippen LogP contribution in [0, 0.1) is 10.8 Å². The Morgan fingerprint density at radius 3 is 1.45 bits per heavy atom. The lowest BCUT2D eigenvalue weighted by atomic mass is 9.89. The van der Waals surface area contributed by atoms with E-state index in [2.05, 4.69) is 6.07 Å². The lowest BCUT2D eigenvalue weighted by molar-refractivity contribution is 0.139. The second-order valence-corrected chi connectivity index (χ2v) is 16.1. The van der Waals surface area contributed by atoms with E-state index in [1.54, 1.807) is 38.5 Å². The van der Waals surface area contributed by atoms with Crippen LogP contribution in [0.4, 0.5) is 0 Å². The SMILES string of the molecule is COc1ccc2c(c1)OC1c3ccc(OC)cc3OCC21.N=C(N)c1ccc(OCCCCCOc2ccc(C(=N)N)cc2)cc1.O=S(=O)(O)CCO.O=S(=O)(O)CCO. The summed E-state index contributed by atoms with van der Waals surface area (Å²) in [4.78, 5) is 0. The average Bonchev–Trinajstić information content (AvgIpc) is 3.59. The Kier molecular flexibility index (Phi) is 19.3. The molecule has 0 saturated heterocycles. The first-order valence-electron chi connectivity index (χ1n) is 18.4. The van der Waals surface area contributed by atoms with E-state index in [-0.39, 0.29) is 23.7 Å². The zero-order valence-electron chi connectivity index (χ0n) is 33.2. The number of nitrogens with two attached hydrogens (primary N) is 2. The highest BCUT2D eigenvalue weighted by molar-refractivity contribution is 7.86. The van der Waals surface area contributed by atoms with E-state index in [0.717, 1.165) is 59.3 Å². The molecule has 0 aliphatic carbocycles. The molecule has 18 nitrogen and oxygen atoms in total. The third-order valence-corrected chi connectivity index (χ3v) is 9.94. The molecular formula is C40H52N4O14S2. The minimum Gasteiger partial charge on any atom is -0.497 e. The summed E-state index contributed by atoms with van der Waals surface area (Å²) in [6, 6.07) is 26.3. The summed E-state index contributed by atoms with van der Waals surface area (Å²) in [7, 11) is -4.53. The fourth-order valence-electron chi connectivity index (χ4n) is 5.52. The summed E-state index contributed by atoms with van der Waals surface area (Å²) in [6.07, 6.45) is 2.90. The second-order valence-electron chi connectivity index (χ2n) is 12.9. The summed E-state index contributed by atoms with van der Waals surface area (Å²) >= 11 is 0. The monoisotopic (exact) mass is 876 g/mol. The molecule has 60 heavy (non-hydrogen) atoms. The summed E-state index contributed by atoms with van der Waals surface area (Å²) in [5.41, 5.74) is 14.5. The van der Waals surface area contributed by atoms with Crippen LogP contribution in [0.3, 0.4) is 0 Å². The molecule has 6 rings (SSSR count). The number of rotatable bonds is 16. The molecule has 2 aliphatic heterocycles. The Morgan fingerprint density at radius 1 is 0.650 bits per heavy atom. The third-order valence-electron chi connectivity index (χ3n) is 8.54. The number of unbranched alkanes of at least 4 members (excludes halogenated alkanes) is 2. The Morgan fingerprint density at radius 2 is 1.07 bits per heavy atom. The highest BCUT2D eigenvalue weighted by Crippen LogP contribution is 2.52. The van der Waals surface area contributed by atoms with Gasteiger partial charge in [0.25, 0.3) is 20.2 Å². The lowest BCUT2D eigenvalue weighted by Gasteiger charge is -2.28. The van der Waals surface area contributed by atoms with Crippen LogP contribution in [-0.2, 0) is 20.2 Å². The standard InChI is InChI=1S/C19H24N4O2.C17H16O4.2C2H6O4S/c20-18(21)14-4-8-16(9-5-14)24-12-2-1-3-13-25-17-10-6-15(7-11-17)19(22)23;1-18-10-4-6-13-15(7-10)20-9-14-12-5-3-11(19-2)8-16(12)21-17(13)14;2*3-1-2-7(4,5)6/h4-11H,1-3,12-13H2,(H3,20,21)(H3,22,23);3-8,14,17H,9H2,1-2H3;2*3H,1-2H2,(H,4,5,6). The van der Waals surface area contributed by atoms with Crippen molar-refractivity contribution in [1.29, 1.82) is 10.8 Å². The van der Waals surface area contributed by atoms with Crippen molar-refractivity contribution in [2.75, 3.05) is 58.8 Å². The quantitative estimate of drug-likeness (QED) is 0.0342. The van der Waals surface area contributed by atoms with Crippen LogP contribution >= 0.6 is 0 Å². The van der Waals surface area contributed by atoms with Gasteiger partial charge in [-0.15, -0.1) is 0 Å². The van der Waals surface area contributed by atoms with E-state index in [1.807, 2.05) is 54.6 Å². The fraction of sp³-hybridized carbons (Fsp3) is 0.350. The molecule has 20 heteroatoms. The molecule has 0 spiro atoms. The summed E-state index contributed by atoms with van der Waals surface area (Å²) in [6.45, 7) is 0.848. The first-order chi connectivity index (χ1) is 28.5. The number of aliphatic hydroxyl groups excluding tert-OH is 2. The van der Waals surface area contributed by atoms with Crippen molar-refractivity contribution in [3.8, 4) is 34.5 Å². The van der Waals surface area contributed by atoms with Gasteiger partial charge in [0, 0.05) is 34.4 Å². The molecule has 2 unspecified atom stereocenters. The minimum atomic E-state index is -3.92. The van der Waals surface area contributed by atoms with Gasteiger partial charge in [0.1, 0.15) is 52.3 Å². The molecule has 0 radical (unpaired) electrons. The molecule has 4 aromatic carbocycles. The molecule has 0 fully saturated rings. The van der Waals surface area contributed by atoms with Crippen molar-refractivity contribution in [3.63, 3.8) is 0 Å². The number of benzene rings is 4. The topological polar surface area (TPSA) is 304 Å². The Hall–Kier alpha value is -5.64. The van der Waals surface area contributed by atoms with Crippen molar-refractivity contribution < 1.29 is 64.6 Å². The lowest BCUT2D eigenvalue weighted by Crippen LogP contribution is -2.23. The normalized spacial score (nSPS) is 14.5. The molecule has 10 N–H and O–H groups in total. The zero-order valence-corrected chi connectivity index (χ0v) is 34.8. The number of hydrogen-bond donors (Lipinski definition) is 8. The van der Waals surface area contributed by atoms with Crippen LogP contribution in [0.25, 0.3) is 0 Å². The van der Waals surface area contributed by atoms with Crippen LogP contribution in [0.5, 0.6) is 34.5 Å². The van der Waals surface area contributed by atoms with Crippen molar-refractivity contribution in [3.05, 3.63) is 107 Å². The van der Waals surface area contributed by atoms with Gasteiger partial charge < -0.3 is 50.1 Å². The van der Waals surface area contributed by atoms with E-state index in [4.69, 9.17) is 70.0 Å². The minimum absolute atomic E-state index is 0.00163. The van der Waals surface area contributed by atoms with Gasteiger partial charge in [-0.1, -0.05) is 6.07 Å². The van der Waals surface area contributed by atoms with E-state index in [0.29, 0.717) is 30.9 Å². The van der Waals surface area contributed by atoms with E-state index >= 15 is 0 Å². The number of hydrogen-bond acceptors (Lipinski definition) is 14.